The van der Waals surface area contributed by atoms with E-state index >= 15 is 0 Å². The molecule has 2 amide bonds. The van der Waals surface area contributed by atoms with Gasteiger partial charge in [0.1, 0.15) is 0 Å². The summed E-state index contributed by atoms with van der Waals surface area (Å²) in [4.78, 5) is 37.0. The average molecular weight is 304 g/mol. The van der Waals surface area contributed by atoms with Crippen molar-refractivity contribution >= 4 is 29.5 Å². The lowest BCUT2D eigenvalue weighted by Gasteiger charge is -2.26. The Morgan fingerprint density at radius 3 is 2.50 bits per heavy atom. The summed E-state index contributed by atoms with van der Waals surface area (Å²) in [5.74, 6) is -0.629. The molecule has 8 heteroatoms. The van der Waals surface area contributed by atoms with Crippen LogP contribution in [0.2, 0.25) is 0 Å². The molecule has 0 atom stereocenters. The van der Waals surface area contributed by atoms with E-state index < -0.39 is 5.97 Å². The Kier molecular flexibility index (Phi) is 7.38. The summed E-state index contributed by atoms with van der Waals surface area (Å²) >= 11 is 1.26. The second-order valence-corrected chi connectivity index (χ2v) is 5.43. The highest BCUT2D eigenvalue weighted by atomic mass is 32.2. The Bertz CT molecular complexity index is 358. The summed E-state index contributed by atoms with van der Waals surface area (Å²) in [6.45, 7) is 2.52. The van der Waals surface area contributed by atoms with Gasteiger partial charge >= 0.3 is 5.97 Å². The van der Waals surface area contributed by atoms with Crippen LogP contribution in [0.3, 0.4) is 0 Å². The van der Waals surface area contributed by atoms with Gasteiger partial charge in [-0.1, -0.05) is 0 Å². The van der Waals surface area contributed by atoms with Gasteiger partial charge in [-0.15, -0.1) is 11.8 Å². The summed E-state index contributed by atoms with van der Waals surface area (Å²) in [5, 5.41) is 8.53. The fourth-order valence-electron chi connectivity index (χ4n) is 1.63. The smallest absolute Gasteiger partial charge is 0.305 e. The van der Waals surface area contributed by atoms with Crippen LogP contribution in [-0.2, 0) is 19.1 Å². The van der Waals surface area contributed by atoms with E-state index in [1.165, 1.54) is 16.7 Å². The highest BCUT2D eigenvalue weighted by molar-refractivity contribution is 8.00. The molecule has 1 aliphatic heterocycles. The zero-order chi connectivity index (χ0) is 15.0. The van der Waals surface area contributed by atoms with Gasteiger partial charge in [0.2, 0.25) is 11.8 Å². The maximum atomic E-state index is 11.8. The Morgan fingerprint density at radius 2 is 1.90 bits per heavy atom. The number of carbonyl (C=O) groups excluding carboxylic acids is 2. The van der Waals surface area contributed by atoms with E-state index in [1.54, 1.807) is 11.9 Å². The van der Waals surface area contributed by atoms with Crippen molar-refractivity contribution in [3.63, 3.8) is 0 Å². The highest BCUT2D eigenvalue weighted by Crippen LogP contribution is 2.06. The van der Waals surface area contributed by atoms with Crippen molar-refractivity contribution in [2.45, 2.75) is 6.42 Å². The second-order valence-electron chi connectivity index (χ2n) is 4.44. The van der Waals surface area contributed by atoms with Gasteiger partial charge in [-0.2, -0.15) is 0 Å². The third-order valence-corrected chi connectivity index (χ3v) is 3.80. The molecule has 1 fully saturated rings. The maximum Gasteiger partial charge on any atom is 0.305 e. The minimum Gasteiger partial charge on any atom is -0.481 e. The number of rotatable bonds is 7. The Labute approximate surface area is 122 Å². The largest absolute Gasteiger partial charge is 0.481 e. The van der Waals surface area contributed by atoms with E-state index in [4.69, 9.17) is 9.84 Å². The van der Waals surface area contributed by atoms with E-state index in [9.17, 15) is 14.4 Å². The third kappa shape index (κ3) is 6.25. The molecular formula is C12H20N2O5S. The number of morpholine rings is 1. The predicted octanol–water partition coefficient (Wildman–Crippen LogP) is -0.488. The fraction of sp³-hybridized carbons (Fsp3) is 0.750. The second kappa shape index (κ2) is 8.80. The molecule has 1 heterocycles. The van der Waals surface area contributed by atoms with Crippen molar-refractivity contribution in [2.75, 3.05) is 51.4 Å². The molecule has 0 aromatic heterocycles. The van der Waals surface area contributed by atoms with Crippen molar-refractivity contribution in [1.82, 2.24) is 9.80 Å². The summed E-state index contributed by atoms with van der Waals surface area (Å²) in [6.07, 6.45) is -0.0698. The number of hydrogen-bond donors (Lipinski definition) is 1. The van der Waals surface area contributed by atoms with E-state index in [1.807, 2.05) is 0 Å². The Balaban J connectivity index is 2.17. The van der Waals surface area contributed by atoms with Crippen molar-refractivity contribution in [1.29, 1.82) is 0 Å². The average Bonchev–Trinajstić information content (AvgIpc) is 2.45. The van der Waals surface area contributed by atoms with Crippen LogP contribution < -0.4 is 0 Å². The number of hydrogen-bond acceptors (Lipinski definition) is 5. The van der Waals surface area contributed by atoms with Crippen molar-refractivity contribution < 1.29 is 24.2 Å². The van der Waals surface area contributed by atoms with Crippen molar-refractivity contribution in [3.05, 3.63) is 0 Å². The van der Waals surface area contributed by atoms with Crippen LogP contribution in [0.4, 0.5) is 0 Å². The molecule has 0 aromatic rings. The maximum absolute atomic E-state index is 11.8. The van der Waals surface area contributed by atoms with Crippen LogP contribution in [0.15, 0.2) is 0 Å². The van der Waals surface area contributed by atoms with Gasteiger partial charge in [-0.3, -0.25) is 14.4 Å². The predicted molar refractivity (Wildman–Crippen MR) is 74.6 cm³/mol. The number of carboxylic acids is 1. The first-order chi connectivity index (χ1) is 9.50. The SMILES string of the molecule is CN(CCC(=O)O)C(=O)CSCC(=O)N1CCOCC1. The molecule has 20 heavy (non-hydrogen) atoms. The third-order valence-electron chi connectivity index (χ3n) is 2.90. The van der Waals surface area contributed by atoms with Gasteiger partial charge in [-0.05, 0) is 0 Å². The number of carbonyl (C=O) groups is 3. The van der Waals surface area contributed by atoms with Crippen LogP contribution in [-0.4, -0.2) is 84.1 Å². The Morgan fingerprint density at radius 1 is 1.25 bits per heavy atom. The lowest BCUT2D eigenvalue weighted by molar-refractivity contribution is -0.138. The van der Waals surface area contributed by atoms with Crippen LogP contribution >= 0.6 is 11.8 Å². The molecule has 1 saturated heterocycles. The molecule has 1 N–H and O–H groups in total. The fourth-order valence-corrected chi connectivity index (χ4v) is 2.48. The quantitative estimate of drug-likeness (QED) is 0.683. The molecular weight excluding hydrogens is 284 g/mol. The monoisotopic (exact) mass is 304 g/mol. The van der Waals surface area contributed by atoms with Crippen LogP contribution in [0.5, 0.6) is 0 Å². The number of carboxylic acid groups (broad SMARTS) is 1. The van der Waals surface area contributed by atoms with Crippen molar-refractivity contribution in [2.24, 2.45) is 0 Å². The van der Waals surface area contributed by atoms with Gasteiger partial charge in [0, 0.05) is 26.7 Å². The van der Waals surface area contributed by atoms with E-state index in [0.29, 0.717) is 26.3 Å². The molecule has 0 bridgehead atoms. The minimum absolute atomic E-state index is 0.0132. The van der Waals surface area contributed by atoms with Gasteiger partial charge in [0.15, 0.2) is 0 Å². The molecule has 0 spiro atoms. The topological polar surface area (TPSA) is 87.2 Å². The minimum atomic E-state index is -0.931. The van der Waals surface area contributed by atoms with Gasteiger partial charge in [0.05, 0.1) is 31.1 Å². The first-order valence-corrected chi connectivity index (χ1v) is 7.55. The van der Waals surface area contributed by atoms with Gasteiger partial charge in [0.25, 0.3) is 0 Å². The zero-order valence-electron chi connectivity index (χ0n) is 11.5. The lowest BCUT2D eigenvalue weighted by atomic mass is 10.4. The number of ether oxygens (including phenoxy) is 1. The van der Waals surface area contributed by atoms with E-state index in [-0.39, 0.29) is 36.3 Å². The van der Waals surface area contributed by atoms with Gasteiger partial charge in [-0.25, -0.2) is 0 Å². The van der Waals surface area contributed by atoms with Crippen LogP contribution in [0.1, 0.15) is 6.42 Å². The van der Waals surface area contributed by atoms with Crippen LogP contribution in [0, 0.1) is 0 Å². The molecule has 0 radical (unpaired) electrons. The highest BCUT2D eigenvalue weighted by Gasteiger charge is 2.17. The molecule has 1 rings (SSSR count). The normalized spacial score (nSPS) is 14.9. The molecule has 1 aliphatic rings. The first-order valence-electron chi connectivity index (χ1n) is 6.39. The summed E-state index contributed by atoms with van der Waals surface area (Å²) < 4.78 is 5.16. The van der Waals surface area contributed by atoms with Crippen LogP contribution in [0.25, 0.3) is 0 Å². The molecule has 7 nitrogen and oxygen atoms in total. The molecule has 0 saturated carbocycles. The van der Waals surface area contributed by atoms with E-state index in [0.717, 1.165) is 0 Å². The number of thioether (sulfide) groups is 1. The number of amides is 2. The van der Waals surface area contributed by atoms with Crippen molar-refractivity contribution in [3.8, 4) is 0 Å². The standard InChI is InChI=1S/C12H20N2O5S/c1-13(3-2-12(17)18)10(15)8-20-9-11(16)14-4-6-19-7-5-14/h2-9H2,1H3,(H,17,18). The summed E-state index contributed by atoms with van der Waals surface area (Å²) in [6, 6.07) is 0. The molecule has 0 aromatic carbocycles. The van der Waals surface area contributed by atoms with Gasteiger partial charge < -0.3 is 19.6 Å². The first kappa shape index (κ1) is 16.8. The number of aliphatic carboxylic acids is 1. The number of nitrogens with zero attached hydrogens (tertiary/aromatic N) is 2. The summed E-state index contributed by atoms with van der Waals surface area (Å²) in [5.41, 5.74) is 0. The Hall–Kier alpha value is -1.28. The molecule has 0 unspecified atom stereocenters. The zero-order valence-corrected chi connectivity index (χ0v) is 12.4. The lowest BCUT2D eigenvalue weighted by Crippen LogP contribution is -2.41. The molecule has 0 aliphatic carbocycles. The van der Waals surface area contributed by atoms with E-state index in [2.05, 4.69) is 0 Å². The molecule has 114 valence electrons. The summed E-state index contributed by atoms with van der Waals surface area (Å²) in [7, 11) is 1.57.